The predicted molar refractivity (Wildman–Crippen MR) is 54.4 cm³/mol. The van der Waals surface area contributed by atoms with Gasteiger partial charge in [-0.15, -0.1) is 0 Å². The molecule has 0 aromatic carbocycles. The zero-order valence-corrected chi connectivity index (χ0v) is 9.11. The molecule has 1 unspecified atom stereocenters. The standard InChI is InChI=1S/C10H21NO3/c1-9(2)14-6-4-11-3-5-13-8-10(11)7-12/h9-10,12H,3-8H2,1-2H3. The van der Waals surface area contributed by atoms with Crippen LogP contribution < -0.4 is 0 Å². The number of aliphatic hydroxyl groups is 1. The molecule has 0 aromatic heterocycles. The first kappa shape index (κ1) is 11.9. The zero-order chi connectivity index (χ0) is 10.4. The summed E-state index contributed by atoms with van der Waals surface area (Å²) in [5.41, 5.74) is 0. The summed E-state index contributed by atoms with van der Waals surface area (Å²) in [4.78, 5) is 2.23. The van der Waals surface area contributed by atoms with E-state index in [2.05, 4.69) is 4.90 Å². The van der Waals surface area contributed by atoms with Crippen LogP contribution in [0.15, 0.2) is 0 Å². The van der Waals surface area contributed by atoms with Crippen molar-refractivity contribution in [1.82, 2.24) is 4.90 Å². The van der Waals surface area contributed by atoms with E-state index in [1.807, 2.05) is 13.8 Å². The summed E-state index contributed by atoms with van der Waals surface area (Å²) in [5, 5.41) is 9.11. The van der Waals surface area contributed by atoms with Crippen molar-refractivity contribution in [2.45, 2.75) is 26.0 Å². The van der Waals surface area contributed by atoms with E-state index in [-0.39, 0.29) is 18.8 Å². The summed E-state index contributed by atoms with van der Waals surface area (Å²) >= 11 is 0. The van der Waals surface area contributed by atoms with Gasteiger partial charge in [-0.1, -0.05) is 0 Å². The number of hydrogen-bond acceptors (Lipinski definition) is 4. The molecule has 1 heterocycles. The Bertz CT molecular complexity index is 152. The van der Waals surface area contributed by atoms with E-state index in [9.17, 15) is 0 Å². The summed E-state index contributed by atoms with van der Waals surface area (Å²) in [6, 6.07) is 0.152. The van der Waals surface area contributed by atoms with Crippen molar-refractivity contribution in [2.75, 3.05) is 39.5 Å². The quantitative estimate of drug-likeness (QED) is 0.688. The zero-order valence-electron chi connectivity index (χ0n) is 9.11. The molecule has 0 bridgehead atoms. The van der Waals surface area contributed by atoms with Crippen molar-refractivity contribution < 1.29 is 14.6 Å². The van der Waals surface area contributed by atoms with Gasteiger partial charge in [0.2, 0.25) is 0 Å². The largest absolute Gasteiger partial charge is 0.395 e. The highest BCUT2D eigenvalue weighted by Gasteiger charge is 2.21. The summed E-state index contributed by atoms with van der Waals surface area (Å²) in [6.07, 6.45) is 0.281. The fourth-order valence-electron chi connectivity index (χ4n) is 1.56. The minimum Gasteiger partial charge on any atom is -0.395 e. The van der Waals surface area contributed by atoms with E-state index in [4.69, 9.17) is 14.6 Å². The molecule has 0 radical (unpaired) electrons. The Labute approximate surface area is 85.8 Å². The monoisotopic (exact) mass is 203 g/mol. The van der Waals surface area contributed by atoms with Crippen molar-refractivity contribution in [1.29, 1.82) is 0 Å². The number of rotatable bonds is 5. The molecule has 4 heteroatoms. The summed E-state index contributed by atoms with van der Waals surface area (Å²) in [6.45, 7) is 8.14. The maximum Gasteiger partial charge on any atom is 0.0644 e. The SMILES string of the molecule is CC(C)OCCN1CCOCC1CO. The molecule has 84 valence electrons. The van der Waals surface area contributed by atoms with Crippen LogP contribution in [0.2, 0.25) is 0 Å². The number of aliphatic hydroxyl groups excluding tert-OH is 1. The fraction of sp³-hybridized carbons (Fsp3) is 1.00. The van der Waals surface area contributed by atoms with Crippen LogP contribution in [0.4, 0.5) is 0 Å². The molecule has 0 amide bonds. The third-order valence-electron chi connectivity index (χ3n) is 2.39. The average molecular weight is 203 g/mol. The molecule has 1 aliphatic rings. The second-order valence-corrected chi connectivity index (χ2v) is 3.87. The first-order chi connectivity index (χ1) is 6.74. The van der Waals surface area contributed by atoms with E-state index in [1.54, 1.807) is 0 Å². The van der Waals surface area contributed by atoms with E-state index in [1.165, 1.54) is 0 Å². The molecule has 4 nitrogen and oxygen atoms in total. The van der Waals surface area contributed by atoms with Crippen LogP contribution >= 0.6 is 0 Å². The third kappa shape index (κ3) is 3.92. The van der Waals surface area contributed by atoms with Gasteiger partial charge in [0, 0.05) is 13.1 Å². The van der Waals surface area contributed by atoms with Crippen molar-refractivity contribution in [2.24, 2.45) is 0 Å². The summed E-state index contributed by atoms with van der Waals surface area (Å²) < 4.78 is 10.8. The molecule has 1 aliphatic heterocycles. The molecule has 1 N–H and O–H groups in total. The molecule has 1 fully saturated rings. The van der Waals surface area contributed by atoms with Crippen LogP contribution in [-0.2, 0) is 9.47 Å². The average Bonchev–Trinajstić information content (AvgIpc) is 2.18. The molecule has 1 atom stereocenters. The van der Waals surface area contributed by atoms with Crippen LogP contribution in [-0.4, -0.2) is 61.7 Å². The lowest BCUT2D eigenvalue weighted by molar-refractivity contribution is -0.0421. The highest BCUT2D eigenvalue weighted by Crippen LogP contribution is 2.05. The fourth-order valence-corrected chi connectivity index (χ4v) is 1.56. The molecule has 0 spiro atoms. The van der Waals surface area contributed by atoms with Gasteiger partial charge >= 0.3 is 0 Å². The first-order valence-corrected chi connectivity index (χ1v) is 5.28. The van der Waals surface area contributed by atoms with Crippen LogP contribution in [0.5, 0.6) is 0 Å². The van der Waals surface area contributed by atoms with Gasteiger partial charge in [-0.3, -0.25) is 4.90 Å². The van der Waals surface area contributed by atoms with Crippen LogP contribution in [0.1, 0.15) is 13.8 Å². The smallest absolute Gasteiger partial charge is 0.0644 e. The molecular formula is C10H21NO3. The molecule has 14 heavy (non-hydrogen) atoms. The highest BCUT2D eigenvalue weighted by molar-refractivity contribution is 4.74. The van der Waals surface area contributed by atoms with Crippen molar-refractivity contribution in [3.63, 3.8) is 0 Å². The normalized spacial score (nSPS) is 24.4. The van der Waals surface area contributed by atoms with Gasteiger partial charge in [-0.2, -0.15) is 0 Å². The van der Waals surface area contributed by atoms with Gasteiger partial charge in [-0.05, 0) is 13.8 Å². The van der Waals surface area contributed by atoms with E-state index < -0.39 is 0 Å². The topological polar surface area (TPSA) is 41.9 Å². The van der Waals surface area contributed by atoms with E-state index in [0.29, 0.717) is 6.61 Å². The van der Waals surface area contributed by atoms with Crippen LogP contribution in [0.3, 0.4) is 0 Å². The van der Waals surface area contributed by atoms with Gasteiger partial charge < -0.3 is 14.6 Å². The predicted octanol–water partition coefficient (Wildman–Crippen LogP) is 0.104. The second-order valence-electron chi connectivity index (χ2n) is 3.87. The summed E-state index contributed by atoms with van der Waals surface area (Å²) in [7, 11) is 0. The lowest BCUT2D eigenvalue weighted by Gasteiger charge is -2.34. The Kier molecular flexibility index (Phi) is 5.40. The molecule has 0 saturated carbocycles. The van der Waals surface area contributed by atoms with Crippen LogP contribution in [0.25, 0.3) is 0 Å². The maximum absolute atomic E-state index is 9.11. The molecule has 1 saturated heterocycles. The third-order valence-corrected chi connectivity index (χ3v) is 2.39. The van der Waals surface area contributed by atoms with Gasteiger partial charge in [0.1, 0.15) is 0 Å². The van der Waals surface area contributed by atoms with E-state index in [0.717, 1.165) is 26.3 Å². The van der Waals surface area contributed by atoms with Gasteiger partial charge in [-0.25, -0.2) is 0 Å². The lowest BCUT2D eigenvalue weighted by Crippen LogP contribution is -2.48. The Morgan fingerprint density at radius 1 is 1.57 bits per heavy atom. The van der Waals surface area contributed by atoms with Gasteiger partial charge in [0.25, 0.3) is 0 Å². The molecule has 0 aromatic rings. The van der Waals surface area contributed by atoms with E-state index >= 15 is 0 Å². The number of ether oxygens (including phenoxy) is 2. The minimum absolute atomic E-state index is 0.152. The first-order valence-electron chi connectivity index (χ1n) is 5.28. The molecule has 0 aliphatic carbocycles. The van der Waals surface area contributed by atoms with Crippen molar-refractivity contribution >= 4 is 0 Å². The Morgan fingerprint density at radius 2 is 2.36 bits per heavy atom. The maximum atomic E-state index is 9.11. The minimum atomic E-state index is 0.152. The number of hydrogen-bond donors (Lipinski definition) is 1. The second kappa shape index (κ2) is 6.35. The highest BCUT2D eigenvalue weighted by atomic mass is 16.5. The number of nitrogens with zero attached hydrogens (tertiary/aromatic N) is 1. The molecule has 1 rings (SSSR count). The number of morpholine rings is 1. The van der Waals surface area contributed by atoms with Crippen molar-refractivity contribution in [3.8, 4) is 0 Å². The van der Waals surface area contributed by atoms with Gasteiger partial charge in [0.15, 0.2) is 0 Å². The Balaban J connectivity index is 2.19. The lowest BCUT2D eigenvalue weighted by atomic mass is 10.2. The van der Waals surface area contributed by atoms with Crippen molar-refractivity contribution in [3.05, 3.63) is 0 Å². The molecular weight excluding hydrogens is 182 g/mol. The summed E-state index contributed by atoms with van der Waals surface area (Å²) in [5.74, 6) is 0. The Morgan fingerprint density at radius 3 is 3.00 bits per heavy atom. The Hall–Kier alpha value is -0.160. The van der Waals surface area contributed by atoms with Gasteiger partial charge in [0.05, 0.1) is 38.6 Å². The van der Waals surface area contributed by atoms with Crippen LogP contribution in [0, 0.1) is 0 Å².